The number of nitrogens with one attached hydrogen (secondary N) is 1. The van der Waals surface area contributed by atoms with E-state index in [1.54, 1.807) is 29.8 Å². The Hall–Kier alpha value is -3.62. The zero-order valence-electron chi connectivity index (χ0n) is 14.5. The van der Waals surface area contributed by atoms with Crippen molar-refractivity contribution in [3.05, 3.63) is 54.4 Å². The number of carbonyl (C=O) groups is 1. The lowest BCUT2D eigenvalue weighted by Crippen LogP contribution is -2.36. The highest BCUT2D eigenvalue weighted by Gasteiger charge is 2.19. The second kappa shape index (κ2) is 7.32. The Morgan fingerprint density at radius 2 is 2.04 bits per heavy atom. The van der Waals surface area contributed by atoms with Crippen molar-refractivity contribution in [2.45, 2.75) is 19.6 Å². The molecule has 1 aliphatic rings. The van der Waals surface area contributed by atoms with Gasteiger partial charge in [0.1, 0.15) is 5.75 Å². The lowest BCUT2D eigenvalue weighted by Gasteiger charge is -2.15. The van der Waals surface area contributed by atoms with Crippen LogP contribution in [-0.4, -0.2) is 39.0 Å². The summed E-state index contributed by atoms with van der Waals surface area (Å²) in [6.07, 6.45) is -0.702. The van der Waals surface area contributed by atoms with Gasteiger partial charge in [0, 0.05) is 6.07 Å². The Morgan fingerprint density at radius 1 is 1.22 bits per heavy atom. The van der Waals surface area contributed by atoms with E-state index in [-0.39, 0.29) is 19.2 Å². The van der Waals surface area contributed by atoms with Gasteiger partial charge in [0.25, 0.3) is 5.91 Å². The van der Waals surface area contributed by atoms with Gasteiger partial charge in [0.15, 0.2) is 23.4 Å². The molecule has 9 nitrogen and oxygen atoms in total. The van der Waals surface area contributed by atoms with Gasteiger partial charge in [-0.1, -0.05) is 18.2 Å². The molecule has 0 unspecified atom stereocenters. The zero-order chi connectivity index (χ0) is 18.6. The van der Waals surface area contributed by atoms with Gasteiger partial charge in [0.2, 0.25) is 6.79 Å². The number of tetrazole rings is 1. The van der Waals surface area contributed by atoms with Gasteiger partial charge in [-0.05, 0) is 41.6 Å². The van der Waals surface area contributed by atoms with Gasteiger partial charge in [0.05, 0.1) is 12.2 Å². The highest BCUT2D eigenvalue weighted by Crippen LogP contribution is 2.35. The Bertz CT molecular complexity index is 944. The number of benzene rings is 2. The van der Waals surface area contributed by atoms with E-state index in [1.807, 2.05) is 30.3 Å². The first-order valence-electron chi connectivity index (χ1n) is 8.37. The number of para-hydroxylation sites is 1. The van der Waals surface area contributed by atoms with Crippen LogP contribution in [0.3, 0.4) is 0 Å². The SMILES string of the molecule is C[C@H](Oc1ccc2c(c1)OCO2)C(=O)NCc1nnnn1-c1ccccc1. The van der Waals surface area contributed by atoms with Gasteiger partial charge < -0.3 is 19.5 Å². The fourth-order valence-corrected chi connectivity index (χ4v) is 2.60. The molecule has 1 N–H and O–H groups in total. The van der Waals surface area contributed by atoms with E-state index in [0.29, 0.717) is 23.1 Å². The molecule has 0 spiro atoms. The van der Waals surface area contributed by atoms with Gasteiger partial charge in [-0.25, -0.2) is 0 Å². The number of fused-ring (bicyclic) bond motifs is 1. The van der Waals surface area contributed by atoms with Crippen molar-refractivity contribution in [2.75, 3.05) is 6.79 Å². The van der Waals surface area contributed by atoms with Crippen molar-refractivity contribution in [2.24, 2.45) is 0 Å². The van der Waals surface area contributed by atoms with Gasteiger partial charge in [-0.3, -0.25) is 4.79 Å². The van der Waals surface area contributed by atoms with Crippen LogP contribution >= 0.6 is 0 Å². The van der Waals surface area contributed by atoms with Crippen LogP contribution in [-0.2, 0) is 11.3 Å². The molecule has 1 aromatic heterocycles. The molecule has 1 amide bonds. The third-order valence-electron chi connectivity index (χ3n) is 3.98. The Morgan fingerprint density at radius 3 is 2.89 bits per heavy atom. The summed E-state index contributed by atoms with van der Waals surface area (Å²) in [6.45, 7) is 2.03. The number of nitrogens with zero attached hydrogens (tertiary/aromatic N) is 4. The topological polar surface area (TPSA) is 100 Å². The second-order valence-electron chi connectivity index (χ2n) is 5.84. The molecule has 1 aliphatic heterocycles. The molecule has 0 fully saturated rings. The monoisotopic (exact) mass is 367 g/mol. The van der Waals surface area contributed by atoms with E-state index < -0.39 is 6.10 Å². The van der Waals surface area contributed by atoms with Gasteiger partial charge in [-0.15, -0.1) is 5.10 Å². The zero-order valence-corrected chi connectivity index (χ0v) is 14.5. The molecule has 2 aromatic carbocycles. The van der Waals surface area contributed by atoms with Crippen LogP contribution < -0.4 is 19.5 Å². The molecule has 0 saturated heterocycles. The minimum atomic E-state index is -0.702. The van der Waals surface area contributed by atoms with E-state index in [2.05, 4.69) is 20.8 Å². The molecule has 138 valence electrons. The quantitative estimate of drug-likeness (QED) is 0.704. The number of rotatable bonds is 6. The van der Waals surface area contributed by atoms with E-state index >= 15 is 0 Å². The van der Waals surface area contributed by atoms with Crippen LogP contribution in [0.4, 0.5) is 0 Å². The Labute approximate surface area is 154 Å². The molecule has 0 saturated carbocycles. The summed E-state index contributed by atoms with van der Waals surface area (Å²) >= 11 is 0. The first kappa shape index (κ1) is 16.8. The average Bonchev–Trinajstić information content (AvgIpc) is 3.35. The van der Waals surface area contributed by atoms with Crippen molar-refractivity contribution < 1.29 is 19.0 Å². The number of carbonyl (C=O) groups excluding carboxylic acids is 1. The molecule has 27 heavy (non-hydrogen) atoms. The summed E-state index contributed by atoms with van der Waals surface area (Å²) < 4.78 is 17.8. The summed E-state index contributed by atoms with van der Waals surface area (Å²) in [6, 6.07) is 14.6. The molecule has 0 bridgehead atoms. The van der Waals surface area contributed by atoms with Crippen molar-refractivity contribution >= 4 is 5.91 Å². The summed E-state index contributed by atoms with van der Waals surface area (Å²) in [5, 5.41) is 14.4. The van der Waals surface area contributed by atoms with Crippen LogP contribution in [0, 0.1) is 0 Å². The van der Waals surface area contributed by atoms with Crippen LogP contribution in [0.15, 0.2) is 48.5 Å². The van der Waals surface area contributed by atoms with Gasteiger partial charge >= 0.3 is 0 Å². The fraction of sp³-hybridized carbons (Fsp3) is 0.222. The number of amides is 1. The molecule has 0 aliphatic carbocycles. The third-order valence-corrected chi connectivity index (χ3v) is 3.98. The molecule has 9 heteroatoms. The molecule has 0 radical (unpaired) electrons. The maximum atomic E-state index is 12.4. The number of aromatic nitrogens is 4. The van der Waals surface area contributed by atoms with E-state index in [1.165, 1.54) is 0 Å². The molecule has 4 rings (SSSR count). The van der Waals surface area contributed by atoms with Gasteiger partial charge in [-0.2, -0.15) is 4.68 Å². The van der Waals surface area contributed by atoms with Crippen molar-refractivity contribution in [1.29, 1.82) is 0 Å². The van der Waals surface area contributed by atoms with Crippen molar-refractivity contribution in [3.63, 3.8) is 0 Å². The number of hydrogen-bond donors (Lipinski definition) is 1. The van der Waals surface area contributed by atoms with Crippen LogP contribution in [0.5, 0.6) is 17.2 Å². The van der Waals surface area contributed by atoms with E-state index in [0.717, 1.165) is 5.69 Å². The van der Waals surface area contributed by atoms with Crippen molar-refractivity contribution in [3.8, 4) is 22.9 Å². The number of hydrogen-bond acceptors (Lipinski definition) is 7. The number of ether oxygens (including phenoxy) is 3. The molecule has 1 atom stereocenters. The first-order valence-corrected chi connectivity index (χ1v) is 8.37. The Kier molecular flexibility index (Phi) is 4.56. The van der Waals surface area contributed by atoms with Crippen molar-refractivity contribution in [1.82, 2.24) is 25.5 Å². The third kappa shape index (κ3) is 3.66. The average molecular weight is 367 g/mol. The molecule has 3 aromatic rings. The minimum absolute atomic E-state index is 0.176. The standard InChI is InChI=1S/C18H17N5O4/c1-12(27-14-7-8-15-16(9-14)26-11-25-15)18(24)19-10-17-20-21-22-23(17)13-5-3-2-4-6-13/h2-9,12H,10-11H2,1H3,(H,19,24)/t12-/m0/s1. The fourth-order valence-electron chi connectivity index (χ4n) is 2.60. The maximum Gasteiger partial charge on any atom is 0.261 e. The van der Waals surface area contributed by atoms with Crippen LogP contribution in [0.2, 0.25) is 0 Å². The summed E-state index contributed by atoms with van der Waals surface area (Å²) in [5.74, 6) is 2.02. The summed E-state index contributed by atoms with van der Waals surface area (Å²) in [5.41, 5.74) is 0.816. The normalized spacial score (nSPS) is 13.2. The lowest BCUT2D eigenvalue weighted by molar-refractivity contribution is -0.127. The second-order valence-corrected chi connectivity index (χ2v) is 5.84. The molecule has 2 heterocycles. The summed E-state index contributed by atoms with van der Waals surface area (Å²) in [4.78, 5) is 12.4. The maximum absolute atomic E-state index is 12.4. The highest BCUT2D eigenvalue weighted by atomic mass is 16.7. The van der Waals surface area contributed by atoms with E-state index in [9.17, 15) is 4.79 Å². The predicted molar refractivity (Wildman–Crippen MR) is 93.7 cm³/mol. The smallest absolute Gasteiger partial charge is 0.261 e. The molecular formula is C18H17N5O4. The van der Waals surface area contributed by atoms with E-state index in [4.69, 9.17) is 14.2 Å². The molecular weight excluding hydrogens is 350 g/mol. The van der Waals surface area contributed by atoms with Crippen LogP contribution in [0.25, 0.3) is 5.69 Å². The minimum Gasteiger partial charge on any atom is -0.481 e. The first-order chi connectivity index (χ1) is 13.2. The largest absolute Gasteiger partial charge is 0.481 e. The highest BCUT2D eigenvalue weighted by molar-refractivity contribution is 5.80. The Balaban J connectivity index is 1.36. The van der Waals surface area contributed by atoms with Crippen LogP contribution in [0.1, 0.15) is 12.7 Å². The summed E-state index contributed by atoms with van der Waals surface area (Å²) in [7, 11) is 0. The lowest BCUT2D eigenvalue weighted by atomic mass is 10.3. The predicted octanol–water partition coefficient (Wildman–Crippen LogP) is 1.47.